The van der Waals surface area contributed by atoms with Crippen LogP contribution >= 0.6 is 0 Å². The number of halogens is 3. The average Bonchev–Trinajstić information content (AvgIpc) is 2.61. The molecule has 0 fully saturated rings. The minimum atomic E-state index is -5.08. The van der Waals surface area contributed by atoms with Gasteiger partial charge in [0.05, 0.1) is 0 Å². The summed E-state index contributed by atoms with van der Waals surface area (Å²) < 4.78 is 31.7. The summed E-state index contributed by atoms with van der Waals surface area (Å²) in [6.07, 6.45) is -5.08. The number of aliphatic carboxylic acids is 1. The normalized spacial score (nSPS) is 10.2. The van der Waals surface area contributed by atoms with E-state index < -0.39 is 12.1 Å². The molecule has 0 heterocycles. The van der Waals surface area contributed by atoms with Gasteiger partial charge in [-0.3, -0.25) is 10.2 Å². The highest BCUT2D eigenvalue weighted by Crippen LogP contribution is 2.13. The van der Waals surface area contributed by atoms with Gasteiger partial charge in [-0.1, -0.05) is 30.3 Å². The second kappa shape index (κ2) is 9.80. The lowest BCUT2D eigenvalue weighted by Crippen LogP contribution is -2.23. The summed E-state index contributed by atoms with van der Waals surface area (Å²) in [5.41, 5.74) is 7.60. The molecule has 2 aromatic rings. The summed E-state index contributed by atoms with van der Waals surface area (Å²) in [6.45, 7) is 0.452. The van der Waals surface area contributed by atoms with Gasteiger partial charge in [0.1, 0.15) is 0 Å². The van der Waals surface area contributed by atoms with Gasteiger partial charge in [0, 0.05) is 17.8 Å². The molecule has 0 aliphatic carbocycles. The van der Waals surface area contributed by atoms with E-state index in [0.29, 0.717) is 12.1 Å². The fourth-order valence-corrected chi connectivity index (χ4v) is 1.74. The molecular weight excluding hydrogens is 365 g/mol. The van der Waals surface area contributed by atoms with Crippen LogP contribution in [0.4, 0.5) is 18.9 Å². The molecule has 10 heteroatoms. The van der Waals surface area contributed by atoms with Crippen molar-refractivity contribution in [2.75, 3.05) is 5.32 Å². The van der Waals surface area contributed by atoms with Crippen LogP contribution in [-0.4, -0.2) is 29.1 Å². The van der Waals surface area contributed by atoms with Crippen LogP contribution in [0.5, 0.6) is 0 Å². The van der Waals surface area contributed by atoms with Crippen molar-refractivity contribution in [3.8, 4) is 0 Å². The van der Waals surface area contributed by atoms with Crippen LogP contribution in [0.25, 0.3) is 0 Å². The molecule has 1 amide bonds. The summed E-state index contributed by atoms with van der Waals surface area (Å²) in [7, 11) is 0. The van der Waals surface area contributed by atoms with Crippen molar-refractivity contribution in [1.82, 2.24) is 5.32 Å². The van der Waals surface area contributed by atoms with E-state index in [1.165, 1.54) is 0 Å². The van der Waals surface area contributed by atoms with E-state index in [-0.39, 0.29) is 11.9 Å². The molecule has 2 aromatic carbocycles. The number of hydrogen-bond donors (Lipinski definition) is 5. The van der Waals surface area contributed by atoms with Gasteiger partial charge in [-0.05, 0) is 29.8 Å². The number of guanidine groups is 1. The van der Waals surface area contributed by atoms with Crippen LogP contribution in [-0.2, 0) is 11.3 Å². The van der Waals surface area contributed by atoms with E-state index in [0.717, 1.165) is 11.3 Å². The highest BCUT2D eigenvalue weighted by atomic mass is 19.4. The summed E-state index contributed by atoms with van der Waals surface area (Å²) >= 11 is 0. The maximum atomic E-state index is 11.9. The number of benzene rings is 2. The number of nitrogens with two attached hydrogens (primary N) is 1. The summed E-state index contributed by atoms with van der Waals surface area (Å²) in [5, 5.41) is 19.8. The third-order valence-corrected chi connectivity index (χ3v) is 2.96. The molecule has 0 atom stereocenters. The highest BCUT2D eigenvalue weighted by Gasteiger charge is 2.38. The van der Waals surface area contributed by atoms with Crippen molar-refractivity contribution >= 4 is 23.5 Å². The monoisotopic (exact) mass is 382 g/mol. The summed E-state index contributed by atoms with van der Waals surface area (Å²) in [4.78, 5) is 20.8. The van der Waals surface area contributed by atoms with E-state index in [9.17, 15) is 18.0 Å². The van der Waals surface area contributed by atoms with Gasteiger partial charge < -0.3 is 21.5 Å². The van der Waals surface area contributed by atoms with Gasteiger partial charge in [-0.25, -0.2) is 4.79 Å². The number of anilines is 1. The maximum absolute atomic E-state index is 11.9. The molecule has 0 saturated carbocycles. The molecule has 6 N–H and O–H groups in total. The quantitative estimate of drug-likeness (QED) is 0.410. The number of hydrogen-bond acceptors (Lipinski definition) is 3. The zero-order valence-corrected chi connectivity index (χ0v) is 13.9. The first-order valence-corrected chi connectivity index (χ1v) is 7.43. The maximum Gasteiger partial charge on any atom is 0.490 e. The summed E-state index contributed by atoms with van der Waals surface area (Å²) in [6, 6.07) is 16.4. The van der Waals surface area contributed by atoms with Gasteiger partial charge in [0.2, 0.25) is 0 Å². The van der Waals surface area contributed by atoms with Crippen LogP contribution in [0.3, 0.4) is 0 Å². The number of carboxylic acid groups (broad SMARTS) is 1. The Balaban J connectivity index is 0.000000445. The third-order valence-electron chi connectivity index (χ3n) is 2.96. The lowest BCUT2D eigenvalue weighted by atomic mass is 10.2. The van der Waals surface area contributed by atoms with Gasteiger partial charge in [0.15, 0.2) is 5.96 Å². The first-order chi connectivity index (χ1) is 12.6. The molecule has 0 aliphatic rings. The number of carboxylic acids is 1. The van der Waals surface area contributed by atoms with Crippen LogP contribution < -0.4 is 16.4 Å². The number of alkyl halides is 3. The Bertz CT molecular complexity index is 778. The number of amides is 1. The molecule has 0 radical (unpaired) electrons. The minimum Gasteiger partial charge on any atom is -0.475 e. The molecular formula is C17H17F3N4O3. The zero-order valence-electron chi connectivity index (χ0n) is 13.9. The van der Waals surface area contributed by atoms with Gasteiger partial charge in [-0.2, -0.15) is 13.2 Å². The van der Waals surface area contributed by atoms with Gasteiger partial charge >= 0.3 is 12.1 Å². The van der Waals surface area contributed by atoms with E-state index in [1.54, 1.807) is 12.1 Å². The lowest BCUT2D eigenvalue weighted by Gasteiger charge is -2.07. The molecule has 0 bridgehead atoms. The topological polar surface area (TPSA) is 128 Å². The van der Waals surface area contributed by atoms with Crippen LogP contribution in [0.2, 0.25) is 0 Å². The average molecular weight is 382 g/mol. The minimum absolute atomic E-state index is 0.100. The standard InChI is InChI=1S/C15H16N4O.C2HF3O2/c16-15(17)19-13-8-6-11(7-9-13)10-18-14(20)12-4-2-1-3-5-12;3-2(4,5)1(6)7/h1-9H,10H2,(H,18,20)(H4,16,17,19);(H,6,7). The molecule has 144 valence electrons. The predicted molar refractivity (Wildman–Crippen MR) is 93.3 cm³/mol. The highest BCUT2D eigenvalue weighted by molar-refractivity contribution is 5.94. The third kappa shape index (κ3) is 8.38. The second-order valence-corrected chi connectivity index (χ2v) is 5.09. The molecule has 7 nitrogen and oxygen atoms in total. The Morgan fingerprint density at radius 1 is 1.04 bits per heavy atom. The van der Waals surface area contributed by atoms with Gasteiger partial charge in [0.25, 0.3) is 5.91 Å². The van der Waals surface area contributed by atoms with E-state index in [1.807, 2.05) is 42.5 Å². The first-order valence-electron chi connectivity index (χ1n) is 7.43. The van der Waals surface area contributed by atoms with Crippen LogP contribution in [0.1, 0.15) is 15.9 Å². The Morgan fingerprint density at radius 3 is 2.00 bits per heavy atom. The van der Waals surface area contributed by atoms with Crippen molar-refractivity contribution in [1.29, 1.82) is 5.41 Å². The molecule has 0 aromatic heterocycles. The molecule has 0 spiro atoms. The predicted octanol–water partition coefficient (Wildman–Crippen LogP) is 2.56. The number of carbonyl (C=O) groups excluding carboxylic acids is 1. The van der Waals surface area contributed by atoms with E-state index in [2.05, 4.69) is 10.6 Å². The summed E-state index contributed by atoms with van der Waals surface area (Å²) in [5.74, 6) is -2.96. The molecule has 2 rings (SSSR count). The zero-order chi connectivity index (χ0) is 20.4. The fourth-order valence-electron chi connectivity index (χ4n) is 1.74. The molecule has 0 unspecified atom stereocenters. The van der Waals surface area contributed by atoms with Crippen molar-refractivity contribution in [2.24, 2.45) is 5.73 Å². The van der Waals surface area contributed by atoms with Crippen molar-refractivity contribution in [3.05, 3.63) is 65.7 Å². The first kappa shape index (κ1) is 21.5. The van der Waals surface area contributed by atoms with Crippen molar-refractivity contribution < 1.29 is 27.9 Å². The number of rotatable bonds is 4. The lowest BCUT2D eigenvalue weighted by molar-refractivity contribution is -0.192. The SMILES string of the molecule is N=C(N)Nc1ccc(CNC(=O)c2ccccc2)cc1.O=C(O)C(F)(F)F. The van der Waals surface area contributed by atoms with E-state index in [4.69, 9.17) is 21.0 Å². The molecule has 27 heavy (non-hydrogen) atoms. The fraction of sp³-hybridized carbons (Fsp3) is 0.118. The van der Waals surface area contributed by atoms with Crippen LogP contribution in [0.15, 0.2) is 54.6 Å². The Morgan fingerprint density at radius 2 is 1.56 bits per heavy atom. The van der Waals surface area contributed by atoms with Crippen molar-refractivity contribution in [3.63, 3.8) is 0 Å². The second-order valence-electron chi connectivity index (χ2n) is 5.09. The van der Waals surface area contributed by atoms with Gasteiger partial charge in [-0.15, -0.1) is 0 Å². The van der Waals surface area contributed by atoms with Crippen molar-refractivity contribution in [2.45, 2.75) is 12.7 Å². The largest absolute Gasteiger partial charge is 0.490 e. The number of carbonyl (C=O) groups is 2. The molecule has 0 saturated heterocycles. The smallest absolute Gasteiger partial charge is 0.475 e. The molecule has 0 aliphatic heterocycles. The van der Waals surface area contributed by atoms with Crippen LogP contribution in [0, 0.1) is 5.41 Å². The Labute approximate surface area is 152 Å². The Hall–Kier alpha value is -3.56. The number of nitrogens with one attached hydrogen (secondary N) is 3. The Kier molecular flexibility index (Phi) is 7.80. The van der Waals surface area contributed by atoms with E-state index >= 15 is 0 Å².